The van der Waals surface area contributed by atoms with Crippen LogP contribution in [0.3, 0.4) is 0 Å². The Kier molecular flexibility index (Phi) is 8.05. The topological polar surface area (TPSA) is 77.8 Å². The molecule has 1 amide bonds. The molecule has 3 rings (SSSR count). The van der Waals surface area contributed by atoms with Crippen molar-refractivity contribution in [2.24, 2.45) is 5.92 Å². The molecule has 2 aromatic rings. The summed E-state index contributed by atoms with van der Waals surface area (Å²) in [4.78, 5) is 25.8. The molecular formula is C25H27NO4S. The minimum Gasteiger partial charge on any atom is -0.477 e. The van der Waals surface area contributed by atoms with Crippen LogP contribution in [-0.2, 0) is 11.2 Å². The summed E-state index contributed by atoms with van der Waals surface area (Å²) in [6, 6.07) is 13.4. The van der Waals surface area contributed by atoms with Crippen molar-refractivity contribution in [3.05, 3.63) is 69.9 Å². The van der Waals surface area contributed by atoms with Crippen molar-refractivity contribution in [3.8, 4) is 11.8 Å². The third-order valence-corrected chi connectivity index (χ3v) is 6.49. The minimum atomic E-state index is -0.963. The van der Waals surface area contributed by atoms with Gasteiger partial charge in [-0.05, 0) is 42.9 Å². The van der Waals surface area contributed by atoms with Crippen LogP contribution in [0.1, 0.15) is 46.3 Å². The van der Waals surface area contributed by atoms with Crippen LogP contribution < -0.4 is 0 Å². The van der Waals surface area contributed by atoms with Gasteiger partial charge in [-0.1, -0.05) is 61.2 Å². The van der Waals surface area contributed by atoms with Gasteiger partial charge in [0.15, 0.2) is 0 Å². The van der Waals surface area contributed by atoms with E-state index in [1.807, 2.05) is 31.2 Å². The smallest absolute Gasteiger partial charge is 0.345 e. The number of benzene rings is 1. The summed E-state index contributed by atoms with van der Waals surface area (Å²) in [5.41, 5.74) is 1.26. The van der Waals surface area contributed by atoms with E-state index in [2.05, 4.69) is 24.0 Å². The van der Waals surface area contributed by atoms with Crippen molar-refractivity contribution in [3.63, 3.8) is 0 Å². The van der Waals surface area contributed by atoms with Crippen LogP contribution in [0.4, 0.5) is 0 Å². The first kappa shape index (κ1) is 22.8. The fourth-order valence-electron chi connectivity index (χ4n) is 3.53. The maximum Gasteiger partial charge on any atom is 0.345 e. The van der Waals surface area contributed by atoms with Gasteiger partial charge in [0, 0.05) is 6.42 Å². The van der Waals surface area contributed by atoms with E-state index in [0.29, 0.717) is 17.7 Å². The molecule has 2 heterocycles. The Labute approximate surface area is 187 Å². The number of amides is 1. The molecule has 1 aromatic carbocycles. The Morgan fingerprint density at radius 1 is 1.29 bits per heavy atom. The summed E-state index contributed by atoms with van der Waals surface area (Å²) in [7, 11) is 0. The number of nitrogens with zero attached hydrogens (tertiary/aromatic N) is 1. The molecule has 0 spiro atoms. The first-order valence-corrected chi connectivity index (χ1v) is 11.3. The van der Waals surface area contributed by atoms with Crippen molar-refractivity contribution in [1.82, 2.24) is 4.90 Å². The molecule has 0 bridgehead atoms. The van der Waals surface area contributed by atoms with Gasteiger partial charge in [-0.25, -0.2) is 4.79 Å². The number of hydrogen-bond acceptors (Lipinski definition) is 4. The highest BCUT2D eigenvalue weighted by atomic mass is 32.1. The molecule has 6 heteroatoms. The molecule has 0 saturated carbocycles. The molecule has 1 fully saturated rings. The van der Waals surface area contributed by atoms with E-state index in [9.17, 15) is 14.7 Å². The first-order chi connectivity index (χ1) is 14.9. The summed E-state index contributed by atoms with van der Waals surface area (Å²) < 4.78 is 0. The van der Waals surface area contributed by atoms with E-state index in [4.69, 9.17) is 5.11 Å². The number of carboxylic acids is 1. The summed E-state index contributed by atoms with van der Waals surface area (Å²) in [5, 5.41) is 19.5. The third kappa shape index (κ3) is 6.55. The highest BCUT2D eigenvalue weighted by Gasteiger charge is 2.28. The fourth-order valence-corrected chi connectivity index (χ4v) is 4.25. The lowest BCUT2D eigenvalue weighted by Gasteiger charge is -2.21. The van der Waals surface area contributed by atoms with Gasteiger partial charge in [-0.3, -0.25) is 4.79 Å². The van der Waals surface area contributed by atoms with E-state index >= 15 is 0 Å². The van der Waals surface area contributed by atoms with Crippen molar-refractivity contribution >= 4 is 23.2 Å². The van der Waals surface area contributed by atoms with E-state index < -0.39 is 12.1 Å². The molecule has 1 aromatic heterocycles. The predicted octanol–water partition coefficient (Wildman–Crippen LogP) is 3.97. The van der Waals surface area contributed by atoms with Crippen molar-refractivity contribution in [1.29, 1.82) is 0 Å². The number of aromatic carboxylic acids is 1. The molecule has 2 N–H and O–H groups in total. The van der Waals surface area contributed by atoms with Gasteiger partial charge in [-0.15, -0.1) is 11.3 Å². The average Bonchev–Trinajstić information content (AvgIpc) is 3.38. The number of aryl methyl sites for hydroxylation is 1. The predicted molar refractivity (Wildman–Crippen MR) is 122 cm³/mol. The number of carboxylic acid groups (broad SMARTS) is 1. The van der Waals surface area contributed by atoms with Gasteiger partial charge < -0.3 is 15.1 Å². The second-order valence-electron chi connectivity index (χ2n) is 7.78. The van der Waals surface area contributed by atoms with Gasteiger partial charge in [0.2, 0.25) is 5.91 Å². The molecule has 3 atom stereocenters. The van der Waals surface area contributed by atoms with Crippen molar-refractivity contribution in [2.75, 3.05) is 6.54 Å². The number of likely N-dealkylation sites (tertiary alicyclic amines) is 1. The van der Waals surface area contributed by atoms with Gasteiger partial charge in [0.05, 0.1) is 23.6 Å². The van der Waals surface area contributed by atoms with Crippen molar-refractivity contribution < 1.29 is 19.8 Å². The largest absolute Gasteiger partial charge is 0.477 e. The molecule has 1 aliphatic rings. The van der Waals surface area contributed by atoms with E-state index in [1.165, 1.54) is 11.6 Å². The lowest BCUT2D eigenvalue weighted by molar-refractivity contribution is -0.127. The molecule has 0 radical (unpaired) electrons. The monoisotopic (exact) mass is 437 g/mol. The number of aliphatic hydroxyl groups is 1. The van der Waals surface area contributed by atoms with Crippen LogP contribution in [0.15, 0.2) is 54.6 Å². The SMILES string of the molecule is C[C@@H](CCc1ccccc1)[C@@H](O)C=C[C@H]1CCC(=O)N1CC#Cc1ccc(C(=O)O)s1. The quantitative estimate of drug-likeness (QED) is 0.484. The number of thiophene rings is 1. The number of aliphatic hydroxyl groups excluding tert-OH is 1. The standard InChI is InChI=1S/C25H27NO4S/c1-18(9-10-19-6-3-2-4-7-19)22(27)14-11-20-12-16-24(28)26(20)17-5-8-21-13-15-23(31-21)25(29)30/h2-4,6-7,11,13-15,18,20,22,27H,9-10,12,16-17H2,1H3,(H,29,30)/t18-,20-,22-/m0/s1. The molecule has 31 heavy (non-hydrogen) atoms. The average molecular weight is 438 g/mol. The van der Waals surface area contributed by atoms with Crippen LogP contribution >= 0.6 is 11.3 Å². The zero-order chi connectivity index (χ0) is 22.2. The minimum absolute atomic E-state index is 0.0490. The van der Waals surface area contributed by atoms with E-state index in [1.54, 1.807) is 17.0 Å². The van der Waals surface area contributed by atoms with E-state index in [0.717, 1.165) is 24.2 Å². The first-order valence-electron chi connectivity index (χ1n) is 10.5. The van der Waals surface area contributed by atoms with Crippen LogP contribution in [-0.4, -0.2) is 45.7 Å². The summed E-state index contributed by atoms with van der Waals surface area (Å²) >= 11 is 1.12. The molecule has 1 aliphatic heterocycles. The Balaban J connectivity index is 1.53. The second kappa shape index (κ2) is 10.9. The zero-order valence-electron chi connectivity index (χ0n) is 17.5. The van der Waals surface area contributed by atoms with Gasteiger partial charge >= 0.3 is 5.97 Å². The lowest BCUT2D eigenvalue weighted by Crippen LogP contribution is -2.32. The molecule has 1 saturated heterocycles. The van der Waals surface area contributed by atoms with Crippen LogP contribution in [0.2, 0.25) is 0 Å². The Morgan fingerprint density at radius 3 is 2.77 bits per heavy atom. The van der Waals surface area contributed by atoms with Gasteiger partial charge in [0.25, 0.3) is 0 Å². The highest BCUT2D eigenvalue weighted by molar-refractivity contribution is 7.14. The maximum atomic E-state index is 12.2. The molecule has 5 nitrogen and oxygen atoms in total. The summed E-state index contributed by atoms with van der Waals surface area (Å²) in [6.07, 6.45) is 6.15. The molecular weight excluding hydrogens is 410 g/mol. The maximum absolute atomic E-state index is 12.2. The van der Waals surface area contributed by atoms with Gasteiger partial charge in [0.1, 0.15) is 4.88 Å². The van der Waals surface area contributed by atoms with Crippen LogP contribution in [0.25, 0.3) is 0 Å². The van der Waals surface area contributed by atoms with E-state index in [-0.39, 0.29) is 29.3 Å². The van der Waals surface area contributed by atoms with Gasteiger partial charge in [-0.2, -0.15) is 0 Å². The Morgan fingerprint density at radius 2 is 2.06 bits per heavy atom. The number of rotatable bonds is 8. The number of carbonyl (C=O) groups is 2. The number of hydrogen-bond donors (Lipinski definition) is 2. The highest BCUT2D eigenvalue weighted by Crippen LogP contribution is 2.21. The summed E-state index contributed by atoms with van der Waals surface area (Å²) in [6.45, 7) is 2.32. The lowest BCUT2D eigenvalue weighted by atomic mass is 9.95. The second-order valence-corrected chi connectivity index (χ2v) is 8.86. The zero-order valence-corrected chi connectivity index (χ0v) is 18.3. The fraction of sp³-hybridized carbons (Fsp3) is 0.360. The van der Waals surface area contributed by atoms with Crippen LogP contribution in [0.5, 0.6) is 0 Å². The third-order valence-electron chi connectivity index (χ3n) is 5.50. The normalized spacial score (nSPS) is 18.1. The Bertz CT molecular complexity index is 986. The van der Waals surface area contributed by atoms with Crippen LogP contribution in [0, 0.1) is 17.8 Å². The molecule has 162 valence electrons. The summed E-state index contributed by atoms with van der Waals surface area (Å²) in [5.74, 6) is 5.12. The molecule has 0 unspecified atom stereocenters. The Hall–Kier alpha value is -2.88. The van der Waals surface area contributed by atoms with Crippen molar-refractivity contribution in [2.45, 2.75) is 44.8 Å². The number of carbonyl (C=O) groups excluding carboxylic acids is 1. The molecule has 0 aliphatic carbocycles.